The normalized spacial score (nSPS) is 11.5. The standard InChI is InChI=1S/C34H25N3O/c1-2-37-30-16-9-15-27(33(30)36-34(37)28-14-7-8-17-31(28)38)24-20-23-11-4-5-12-25(23)29(21-24)32-26-13-6-3-10-22(26)18-19-35-32/h3-21,38H,2H2,1H3. The van der Waals surface area contributed by atoms with Crippen molar-refractivity contribution in [2.24, 2.45) is 0 Å². The molecule has 7 rings (SSSR count). The number of nitrogens with zero attached hydrogens (tertiary/aromatic N) is 3. The van der Waals surface area contributed by atoms with Crippen LogP contribution in [0.1, 0.15) is 6.92 Å². The Hall–Kier alpha value is -4.96. The molecular weight excluding hydrogens is 466 g/mol. The van der Waals surface area contributed by atoms with Gasteiger partial charge in [-0.1, -0.05) is 72.8 Å². The summed E-state index contributed by atoms with van der Waals surface area (Å²) in [6.45, 7) is 2.85. The van der Waals surface area contributed by atoms with Crippen molar-refractivity contribution >= 4 is 32.6 Å². The van der Waals surface area contributed by atoms with Crippen LogP contribution < -0.4 is 0 Å². The van der Waals surface area contributed by atoms with E-state index in [1.54, 1.807) is 6.07 Å². The lowest BCUT2D eigenvalue weighted by molar-refractivity contribution is 0.476. The number of aromatic nitrogens is 3. The fourth-order valence-electron chi connectivity index (χ4n) is 5.56. The maximum Gasteiger partial charge on any atom is 0.144 e. The van der Waals surface area contributed by atoms with Gasteiger partial charge in [0.2, 0.25) is 0 Å². The Labute approximate surface area is 220 Å². The van der Waals surface area contributed by atoms with E-state index in [4.69, 9.17) is 9.97 Å². The molecule has 0 atom stereocenters. The largest absolute Gasteiger partial charge is 0.507 e. The fourth-order valence-corrected chi connectivity index (χ4v) is 5.56. The fraction of sp³-hybridized carbons (Fsp3) is 0.0588. The minimum Gasteiger partial charge on any atom is -0.507 e. The first-order chi connectivity index (χ1) is 18.7. The summed E-state index contributed by atoms with van der Waals surface area (Å²) in [5.41, 5.74) is 6.91. The van der Waals surface area contributed by atoms with Gasteiger partial charge in [-0.05, 0) is 65.0 Å². The van der Waals surface area contributed by atoms with E-state index in [1.807, 2.05) is 24.4 Å². The predicted octanol–water partition coefficient (Wildman–Crippen LogP) is 8.46. The molecule has 4 nitrogen and oxygen atoms in total. The molecule has 182 valence electrons. The van der Waals surface area contributed by atoms with Gasteiger partial charge >= 0.3 is 0 Å². The van der Waals surface area contributed by atoms with Crippen LogP contribution >= 0.6 is 0 Å². The summed E-state index contributed by atoms with van der Waals surface area (Å²) in [5, 5.41) is 15.2. The van der Waals surface area contributed by atoms with Gasteiger partial charge in [-0.15, -0.1) is 0 Å². The molecule has 38 heavy (non-hydrogen) atoms. The van der Waals surface area contributed by atoms with Gasteiger partial charge < -0.3 is 9.67 Å². The highest BCUT2D eigenvalue weighted by Gasteiger charge is 2.19. The summed E-state index contributed by atoms with van der Waals surface area (Å²) in [7, 11) is 0. The monoisotopic (exact) mass is 491 g/mol. The lowest BCUT2D eigenvalue weighted by atomic mass is 9.93. The summed E-state index contributed by atoms with van der Waals surface area (Å²) in [4.78, 5) is 9.97. The second-order valence-corrected chi connectivity index (χ2v) is 9.50. The van der Waals surface area contributed by atoms with Crippen LogP contribution in [-0.4, -0.2) is 19.6 Å². The molecule has 4 heteroatoms. The number of benzene rings is 5. The van der Waals surface area contributed by atoms with Gasteiger partial charge in [-0.25, -0.2) is 4.98 Å². The molecule has 2 heterocycles. The van der Waals surface area contributed by atoms with Crippen molar-refractivity contribution in [3.63, 3.8) is 0 Å². The first-order valence-corrected chi connectivity index (χ1v) is 12.9. The van der Waals surface area contributed by atoms with E-state index in [0.29, 0.717) is 0 Å². The molecule has 2 aromatic heterocycles. The smallest absolute Gasteiger partial charge is 0.144 e. The molecule has 0 fully saturated rings. The lowest BCUT2D eigenvalue weighted by Gasteiger charge is -2.13. The van der Waals surface area contributed by atoms with E-state index in [2.05, 4.69) is 96.4 Å². The highest BCUT2D eigenvalue weighted by molar-refractivity contribution is 6.07. The SMILES string of the molecule is CCn1c(-c2ccccc2O)nc2c(-c3cc(-c4nccc5ccccc45)c4ccccc4c3)cccc21. The van der Waals surface area contributed by atoms with E-state index >= 15 is 0 Å². The minimum absolute atomic E-state index is 0.231. The van der Waals surface area contributed by atoms with Crippen molar-refractivity contribution in [1.82, 2.24) is 14.5 Å². The minimum atomic E-state index is 0.231. The second-order valence-electron chi connectivity index (χ2n) is 9.50. The Morgan fingerprint density at radius 2 is 1.42 bits per heavy atom. The zero-order valence-electron chi connectivity index (χ0n) is 21.0. The maximum absolute atomic E-state index is 10.6. The number of aromatic hydroxyl groups is 1. The average molecular weight is 492 g/mol. The molecule has 1 N–H and O–H groups in total. The van der Waals surface area contributed by atoms with Crippen LogP contribution in [0.2, 0.25) is 0 Å². The number of para-hydroxylation sites is 2. The molecule has 5 aromatic carbocycles. The van der Waals surface area contributed by atoms with Gasteiger partial charge in [0, 0.05) is 29.3 Å². The van der Waals surface area contributed by atoms with E-state index < -0.39 is 0 Å². The van der Waals surface area contributed by atoms with Gasteiger partial charge in [0.25, 0.3) is 0 Å². The Bertz CT molecular complexity index is 1980. The molecule has 0 aliphatic heterocycles. The molecule has 7 aromatic rings. The lowest BCUT2D eigenvalue weighted by Crippen LogP contribution is -1.97. The highest BCUT2D eigenvalue weighted by atomic mass is 16.3. The van der Waals surface area contributed by atoms with Crippen LogP contribution in [0.25, 0.3) is 66.4 Å². The van der Waals surface area contributed by atoms with Crippen molar-refractivity contribution in [3.05, 3.63) is 115 Å². The molecule has 0 spiro atoms. The Kier molecular flexibility index (Phi) is 5.19. The van der Waals surface area contributed by atoms with Gasteiger partial charge in [0.15, 0.2) is 0 Å². The first-order valence-electron chi connectivity index (χ1n) is 12.9. The Balaban J connectivity index is 1.52. The molecule has 0 unspecified atom stereocenters. The van der Waals surface area contributed by atoms with Crippen LogP contribution in [0.4, 0.5) is 0 Å². The average Bonchev–Trinajstić information content (AvgIpc) is 3.35. The molecular formula is C34H25N3O. The zero-order chi connectivity index (χ0) is 25.6. The molecule has 0 saturated heterocycles. The maximum atomic E-state index is 10.6. The zero-order valence-corrected chi connectivity index (χ0v) is 21.0. The van der Waals surface area contributed by atoms with Crippen LogP contribution in [0, 0.1) is 0 Å². The highest BCUT2D eigenvalue weighted by Crippen LogP contribution is 2.39. The molecule has 0 amide bonds. The third-order valence-corrected chi connectivity index (χ3v) is 7.34. The number of rotatable bonds is 4. The van der Waals surface area contributed by atoms with Gasteiger partial charge in [0.1, 0.15) is 11.6 Å². The van der Waals surface area contributed by atoms with Crippen LogP contribution in [0.5, 0.6) is 5.75 Å². The van der Waals surface area contributed by atoms with E-state index in [-0.39, 0.29) is 5.75 Å². The molecule has 0 aliphatic rings. The summed E-state index contributed by atoms with van der Waals surface area (Å²) in [5.74, 6) is 0.999. The number of phenols is 1. The number of hydrogen-bond acceptors (Lipinski definition) is 3. The van der Waals surface area contributed by atoms with E-state index in [0.717, 1.165) is 62.1 Å². The number of pyridine rings is 1. The Morgan fingerprint density at radius 3 is 2.26 bits per heavy atom. The summed E-state index contributed by atoms with van der Waals surface area (Å²) in [6.07, 6.45) is 1.89. The first kappa shape index (κ1) is 22.3. The van der Waals surface area contributed by atoms with Crippen molar-refractivity contribution in [3.8, 4) is 39.5 Å². The number of fused-ring (bicyclic) bond motifs is 3. The van der Waals surface area contributed by atoms with Crippen molar-refractivity contribution in [2.75, 3.05) is 0 Å². The molecule has 0 aliphatic carbocycles. The van der Waals surface area contributed by atoms with Crippen molar-refractivity contribution in [2.45, 2.75) is 13.5 Å². The van der Waals surface area contributed by atoms with Crippen LogP contribution in [0.3, 0.4) is 0 Å². The summed E-state index contributed by atoms with van der Waals surface area (Å²) in [6, 6.07) is 37.2. The van der Waals surface area contributed by atoms with Gasteiger partial charge in [-0.3, -0.25) is 4.98 Å². The van der Waals surface area contributed by atoms with Crippen molar-refractivity contribution < 1.29 is 5.11 Å². The third-order valence-electron chi connectivity index (χ3n) is 7.34. The van der Waals surface area contributed by atoms with Crippen molar-refractivity contribution in [1.29, 1.82) is 0 Å². The number of hydrogen-bond donors (Lipinski definition) is 1. The molecule has 0 radical (unpaired) electrons. The third kappa shape index (κ3) is 3.46. The number of aryl methyl sites for hydroxylation is 1. The quantitative estimate of drug-likeness (QED) is 0.269. The molecule has 0 bridgehead atoms. The second kappa shape index (κ2) is 8.86. The summed E-state index contributed by atoms with van der Waals surface area (Å²) < 4.78 is 2.17. The van der Waals surface area contributed by atoms with E-state index in [1.165, 1.54) is 10.8 Å². The predicted molar refractivity (Wildman–Crippen MR) is 156 cm³/mol. The van der Waals surface area contributed by atoms with Crippen LogP contribution in [0.15, 0.2) is 115 Å². The number of imidazole rings is 1. The van der Waals surface area contributed by atoms with Crippen LogP contribution in [-0.2, 0) is 6.54 Å². The number of phenolic OH excluding ortho intramolecular Hbond substituents is 1. The molecule has 0 saturated carbocycles. The van der Waals surface area contributed by atoms with Gasteiger partial charge in [0.05, 0.1) is 22.3 Å². The topological polar surface area (TPSA) is 50.9 Å². The Morgan fingerprint density at radius 1 is 0.684 bits per heavy atom. The van der Waals surface area contributed by atoms with E-state index in [9.17, 15) is 5.11 Å². The summed E-state index contributed by atoms with van der Waals surface area (Å²) >= 11 is 0. The van der Waals surface area contributed by atoms with Gasteiger partial charge in [-0.2, -0.15) is 0 Å².